The van der Waals surface area contributed by atoms with Crippen molar-refractivity contribution in [1.29, 1.82) is 0 Å². The lowest BCUT2D eigenvalue weighted by molar-refractivity contribution is -0.00968. The van der Waals surface area contributed by atoms with Crippen molar-refractivity contribution < 1.29 is 4.74 Å². The summed E-state index contributed by atoms with van der Waals surface area (Å²) < 4.78 is 5.39. The standard InChI is InChI=1S/C12H21N3OS/c1-12(2,15-3-5-16-6-4-15)9-13-7-11-8-17-10-14-11/h8,10,13H,3-7,9H2,1-2H3. The Morgan fingerprint density at radius 3 is 2.88 bits per heavy atom. The van der Waals surface area contributed by atoms with E-state index in [1.54, 1.807) is 11.3 Å². The third-order valence-corrected chi connectivity index (χ3v) is 3.85. The van der Waals surface area contributed by atoms with E-state index in [-0.39, 0.29) is 5.54 Å². The highest BCUT2D eigenvalue weighted by Gasteiger charge is 2.27. The minimum absolute atomic E-state index is 0.180. The van der Waals surface area contributed by atoms with E-state index in [1.165, 1.54) is 0 Å². The molecule has 1 aliphatic rings. The number of hydrogen-bond acceptors (Lipinski definition) is 5. The van der Waals surface area contributed by atoms with Crippen LogP contribution in [0, 0.1) is 0 Å². The Kier molecular flexibility index (Phi) is 4.50. The third-order valence-electron chi connectivity index (χ3n) is 3.21. The zero-order chi connectivity index (χ0) is 12.1. The summed E-state index contributed by atoms with van der Waals surface area (Å²) in [6, 6.07) is 0. The van der Waals surface area contributed by atoms with Gasteiger partial charge in [-0.25, -0.2) is 4.98 Å². The molecule has 1 aromatic heterocycles. The SMILES string of the molecule is CC(C)(CNCc1cscn1)N1CCOCC1. The first-order valence-electron chi connectivity index (χ1n) is 6.09. The molecular weight excluding hydrogens is 234 g/mol. The first kappa shape index (κ1) is 13.0. The van der Waals surface area contributed by atoms with Crippen LogP contribution in [0.5, 0.6) is 0 Å². The van der Waals surface area contributed by atoms with Crippen molar-refractivity contribution in [1.82, 2.24) is 15.2 Å². The van der Waals surface area contributed by atoms with Crippen molar-refractivity contribution >= 4 is 11.3 Å². The number of rotatable bonds is 5. The van der Waals surface area contributed by atoms with Crippen LogP contribution in [0.15, 0.2) is 10.9 Å². The Labute approximate surface area is 107 Å². The average molecular weight is 255 g/mol. The van der Waals surface area contributed by atoms with Crippen LogP contribution in [0.2, 0.25) is 0 Å². The van der Waals surface area contributed by atoms with Crippen molar-refractivity contribution in [2.24, 2.45) is 0 Å². The summed E-state index contributed by atoms with van der Waals surface area (Å²) in [7, 11) is 0. The van der Waals surface area contributed by atoms with E-state index in [9.17, 15) is 0 Å². The molecule has 1 aromatic rings. The van der Waals surface area contributed by atoms with Gasteiger partial charge in [0.2, 0.25) is 0 Å². The van der Waals surface area contributed by atoms with Crippen molar-refractivity contribution in [3.8, 4) is 0 Å². The van der Waals surface area contributed by atoms with Gasteiger partial charge in [-0.05, 0) is 13.8 Å². The van der Waals surface area contributed by atoms with Gasteiger partial charge in [-0.3, -0.25) is 4.90 Å². The average Bonchev–Trinajstić information content (AvgIpc) is 2.83. The number of ether oxygens (including phenoxy) is 1. The summed E-state index contributed by atoms with van der Waals surface area (Å²) in [6.07, 6.45) is 0. The monoisotopic (exact) mass is 255 g/mol. The first-order valence-corrected chi connectivity index (χ1v) is 7.03. The number of aromatic nitrogens is 1. The summed E-state index contributed by atoms with van der Waals surface area (Å²) in [5.74, 6) is 0. The van der Waals surface area contributed by atoms with Crippen LogP contribution in [0.1, 0.15) is 19.5 Å². The Hall–Kier alpha value is -0.490. The summed E-state index contributed by atoms with van der Waals surface area (Å²) >= 11 is 1.65. The second kappa shape index (κ2) is 5.91. The maximum absolute atomic E-state index is 5.39. The minimum Gasteiger partial charge on any atom is -0.379 e. The second-order valence-electron chi connectivity index (χ2n) is 5.00. The van der Waals surface area contributed by atoms with Gasteiger partial charge in [0.05, 0.1) is 24.4 Å². The van der Waals surface area contributed by atoms with E-state index >= 15 is 0 Å². The predicted molar refractivity (Wildman–Crippen MR) is 70.3 cm³/mol. The fourth-order valence-corrected chi connectivity index (χ4v) is 2.66. The zero-order valence-corrected chi connectivity index (χ0v) is 11.4. The number of nitrogens with zero attached hydrogens (tertiary/aromatic N) is 2. The van der Waals surface area contributed by atoms with Gasteiger partial charge in [-0.2, -0.15) is 0 Å². The zero-order valence-electron chi connectivity index (χ0n) is 10.6. The van der Waals surface area contributed by atoms with Crippen molar-refractivity contribution in [3.05, 3.63) is 16.6 Å². The van der Waals surface area contributed by atoms with Gasteiger partial charge in [0, 0.05) is 37.1 Å². The van der Waals surface area contributed by atoms with Crippen molar-refractivity contribution in [2.45, 2.75) is 25.9 Å². The van der Waals surface area contributed by atoms with E-state index in [1.807, 2.05) is 5.51 Å². The maximum Gasteiger partial charge on any atom is 0.0795 e. The molecule has 1 fully saturated rings. The Morgan fingerprint density at radius 1 is 1.47 bits per heavy atom. The van der Waals surface area contributed by atoms with Gasteiger partial charge < -0.3 is 10.1 Å². The Bertz CT molecular complexity index is 321. The van der Waals surface area contributed by atoms with Gasteiger partial charge in [0.1, 0.15) is 0 Å². The van der Waals surface area contributed by atoms with E-state index in [0.29, 0.717) is 0 Å². The number of thiazole rings is 1. The number of hydrogen-bond donors (Lipinski definition) is 1. The summed E-state index contributed by atoms with van der Waals surface area (Å²) in [5, 5.41) is 5.58. The molecule has 1 N–H and O–H groups in total. The molecule has 0 aliphatic carbocycles. The molecule has 0 aromatic carbocycles. The summed E-state index contributed by atoms with van der Waals surface area (Å²) in [5.41, 5.74) is 3.19. The molecule has 4 nitrogen and oxygen atoms in total. The smallest absolute Gasteiger partial charge is 0.0795 e. The highest BCUT2D eigenvalue weighted by Crippen LogP contribution is 2.15. The second-order valence-corrected chi connectivity index (χ2v) is 5.71. The van der Waals surface area contributed by atoms with Gasteiger partial charge in [-0.1, -0.05) is 0 Å². The van der Waals surface area contributed by atoms with Crippen LogP contribution in [0.3, 0.4) is 0 Å². The molecule has 2 rings (SSSR count). The predicted octanol–water partition coefficient (Wildman–Crippen LogP) is 1.34. The lowest BCUT2D eigenvalue weighted by Crippen LogP contribution is -2.54. The van der Waals surface area contributed by atoms with E-state index < -0.39 is 0 Å². The molecule has 0 bridgehead atoms. The number of morpholine rings is 1. The largest absolute Gasteiger partial charge is 0.379 e. The third kappa shape index (κ3) is 3.74. The molecule has 5 heteroatoms. The molecule has 0 unspecified atom stereocenters. The van der Waals surface area contributed by atoms with E-state index in [0.717, 1.165) is 45.1 Å². The van der Waals surface area contributed by atoms with Gasteiger partial charge in [-0.15, -0.1) is 11.3 Å². The van der Waals surface area contributed by atoms with E-state index in [4.69, 9.17) is 4.74 Å². The Balaban J connectivity index is 1.76. The van der Waals surface area contributed by atoms with Gasteiger partial charge in [0.25, 0.3) is 0 Å². The normalized spacial score (nSPS) is 18.5. The highest BCUT2D eigenvalue weighted by atomic mass is 32.1. The van der Waals surface area contributed by atoms with Crippen molar-refractivity contribution in [2.75, 3.05) is 32.8 Å². The molecule has 0 spiro atoms. The lowest BCUT2D eigenvalue weighted by Gasteiger charge is -2.41. The lowest BCUT2D eigenvalue weighted by atomic mass is 10.0. The van der Waals surface area contributed by atoms with Crippen LogP contribution >= 0.6 is 11.3 Å². The summed E-state index contributed by atoms with van der Waals surface area (Å²) in [6.45, 7) is 10.2. The molecule has 0 saturated carbocycles. The maximum atomic E-state index is 5.39. The number of nitrogens with one attached hydrogen (secondary N) is 1. The molecule has 1 saturated heterocycles. The molecule has 0 atom stereocenters. The molecule has 0 radical (unpaired) electrons. The van der Waals surface area contributed by atoms with Crippen LogP contribution < -0.4 is 5.32 Å². The van der Waals surface area contributed by atoms with Crippen LogP contribution in [0.25, 0.3) is 0 Å². The Morgan fingerprint density at radius 2 is 2.24 bits per heavy atom. The minimum atomic E-state index is 0.180. The van der Waals surface area contributed by atoms with Gasteiger partial charge >= 0.3 is 0 Å². The quantitative estimate of drug-likeness (QED) is 0.861. The molecule has 0 amide bonds. The van der Waals surface area contributed by atoms with E-state index in [2.05, 4.69) is 34.4 Å². The topological polar surface area (TPSA) is 37.4 Å². The molecule has 1 aliphatic heterocycles. The van der Waals surface area contributed by atoms with Crippen LogP contribution in [0.4, 0.5) is 0 Å². The van der Waals surface area contributed by atoms with Gasteiger partial charge in [0.15, 0.2) is 0 Å². The molecule has 96 valence electrons. The van der Waals surface area contributed by atoms with Crippen LogP contribution in [-0.2, 0) is 11.3 Å². The van der Waals surface area contributed by atoms with Crippen LogP contribution in [-0.4, -0.2) is 48.3 Å². The fraction of sp³-hybridized carbons (Fsp3) is 0.750. The first-order chi connectivity index (χ1) is 8.18. The fourth-order valence-electron chi connectivity index (χ4n) is 2.10. The molecule has 2 heterocycles. The molecule has 17 heavy (non-hydrogen) atoms. The molecular formula is C12H21N3OS. The summed E-state index contributed by atoms with van der Waals surface area (Å²) in [4.78, 5) is 6.76. The van der Waals surface area contributed by atoms with Crippen molar-refractivity contribution in [3.63, 3.8) is 0 Å². The highest BCUT2D eigenvalue weighted by molar-refractivity contribution is 7.07.